The van der Waals surface area contributed by atoms with Gasteiger partial charge < -0.3 is 19.1 Å². The third kappa shape index (κ3) is 11.1. The van der Waals surface area contributed by atoms with Crippen molar-refractivity contribution in [1.29, 1.82) is 0 Å². The monoisotopic (exact) mass is 738 g/mol. The first-order chi connectivity index (χ1) is 24.8. The van der Waals surface area contributed by atoms with Crippen LogP contribution in [0.2, 0.25) is 5.02 Å². The average molecular weight is 740 g/mol. The molecule has 0 radical (unpaired) electrons. The number of piperazine rings is 1. The molecule has 10 heteroatoms. The lowest BCUT2D eigenvalue weighted by atomic mass is 10.1. The highest BCUT2D eigenvalue weighted by atomic mass is 35.5. The van der Waals surface area contributed by atoms with Crippen molar-refractivity contribution in [2.75, 3.05) is 32.8 Å². The smallest absolute Gasteiger partial charge is 0.246 e. The minimum atomic E-state index is -0.00868. The van der Waals surface area contributed by atoms with Gasteiger partial charge in [-0.05, 0) is 85.0 Å². The van der Waals surface area contributed by atoms with Gasteiger partial charge in [0.25, 0.3) is 0 Å². The molecule has 0 spiro atoms. The van der Waals surface area contributed by atoms with Gasteiger partial charge in [0.15, 0.2) is 5.75 Å². The highest BCUT2D eigenvalue weighted by molar-refractivity contribution is 6.32. The molecule has 52 heavy (non-hydrogen) atoms. The van der Waals surface area contributed by atoms with Gasteiger partial charge in [0.1, 0.15) is 18.1 Å². The van der Waals surface area contributed by atoms with Crippen molar-refractivity contribution in [1.82, 2.24) is 19.8 Å². The Bertz CT molecular complexity index is 1900. The number of rotatable bonds is 13. The number of halogens is 2. The summed E-state index contributed by atoms with van der Waals surface area (Å²) in [6, 6.07) is 28.2. The van der Waals surface area contributed by atoms with Crippen molar-refractivity contribution >= 4 is 36.0 Å². The Labute approximate surface area is 317 Å². The molecule has 270 valence electrons. The number of aromatic nitrogens is 2. The van der Waals surface area contributed by atoms with Gasteiger partial charge in [0.2, 0.25) is 11.8 Å². The fourth-order valence-electron chi connectivity index (χ4n) is 5.75. The summed E-state index contributed by atoms with van der Waals surface area (Å²) in [5.41, 5.74) is 7.44. The molecule has 3 aromatic carbocycles. The van der Waals surface area contributed by atoms with E-state index in [2.05, 4.69) is 58.2 Å². The molecule has 1 fully saturated rings. The molecule has 0 bridgehead atoms. The van der Waals surface area contributed by atoms with Crippen LogP contribution in [0.5, 0.6) is 23.1 Å². The summed E-state index contributed by atoms with van der Waals surface area (Å²) in [5, 5.41) is 0.443. The maximum Gasteiger partial charge on any atom is 0.246 e. The van der Waals surface area contributed by atoms with E-state index in [0.29, 0.717) is 48.7 Å². The Balaban J connectivity index is 0.00000523. The predicted octanol–water partition coefficient (Wildman–Crippen LogP) is 8.83. The molecule has 1 aliphatic rings. The number of benzene rings is 3. The molecular formula is C42H44Cl2N4O4. The second-order valence-corrected chi connectivity index (χ2v) is 13.2. The average Bonchev–Trinajstić information content (AvgIpc) is 3.14. The van der Waals surface area contributed by atoms with Crippen molar-refractivity contribution in [3.8, 4) is 23.1 Å². The normalized spacial score (nSPS) is 13.1. The molecule has 6 rings (SSSR count). The van der Waals surface area contributed by atoms with Crippen molar-refractivity contribution in [3.05, 3.63) is 147 Å². The van der Waals surface area contributed by atoms with Gasteiger partial charge >= 0.3 is 0 Å². The summed E-state index contributed by atoms with van der Waals surface area (Å²) in [6.07, 6.45) is 7.66. The summed E-state index contributed by atoms with van der Waals surface area (Å²) in [5.74, 6) is 2.37. The molecule has 0 N–H and O–H groups in total. The van der Waals surface area contributed by atoms with Crippen molar-refractivity contribution in [2.24, 2.45) is 0 Å². The van der Waals surface area contributed by atoms with Gasteiger partial charge in [-0.15, -0.1) is 12.4 Å². The summed E-state index contributed by atoms with van der Waals surface area (Å²) < 4.78 is 17.7. The van der Waals surface area contributed by atoms with Crippen LogP contribution >= 0.6 is 24.0 Å². The van der Waals surface area contributed by atoms with E-state index in [1.807, 2.05) is 55.1 Å². The van der Waals surface area contributed by atoms with Crippen LogP contribution in [0.25, 0.3) is 6.08 Å². The van der Waals surface area contributed by atoms with E-state index in [0.717, 1.165) is 54.2 Å². The fourth-order valence-corrected chi connectivity index (χ4v) is 6.06. The zero-order valence-corrected chi connectivity index (χ0v) is 31.3. The number of amides is 1. The third-order valence-corrected chi connectivity index (χ3v) is 9.05. The highest BCUT2D eigenvalue weighted by Gasteiger charge is 2.20. The Hall–Kier alpha value is -4.89. The number of pyridine rings is 2. The summed E-state index contributed by atoms with van der Waals surface area (Å²) in [7, 11) is 0. The number of aryl methyl sites for hydroxylation is 3. The van der Waals surface area contributed by atoms with Crippen molar-refractivity contribution < 1.29 is 19.0 Å². The Morgan fingerprint density at radius 2 is 1.46 bits per heavy atom. The van der Waals surface area contributed by atoms with Crippen LogP contribution in [0.4, 0.5) is 0 Å². The summed E-state index contributed by atoms with van der Waals surface area (Å²) >= 11 is 6.63. The first-order valence-electron chi connectivity index (χ1n) is 17.2. The van der Waals surface area contributed by atoms with Gasteiger partial charge in [-0.1, -0.05) is 65.7 Å². The lowest BCUT2D eigenvalue weighted by Crippen LogP contribution is -2.47. The van der Waals surface area contributed by atoms with E-state index >= 15 is 0 Å². The van der Waals surface area contributed by atoms with E-state index in [4.69, 9.17) is 25.8 Å². The number of hydrogen-bond acceptors (Lipinski definition) is 7. The number of ether oxygens (including phenoxy) is 3. The Morgan fingerprint density at radius 1 is 0.788 bits per heavy atom. The molecule has 2 aromatic heterocycles. The van der Waals surface area contributed by atoms with Crippen LogP contribution in [-0.4, -0.2) is 58.5 Å². The van der Waals surface area contributed by atoms with Crippen LogP contribution < -0.4 is 14.2 Å². The van der Waals surface area contributed by atoms with Crippen LogP contribution in [-0.2, 0) is 24.4 Å². The molecule has 0 aliphatic carbocycles. The first-order valence-corrected chi connectivity index (χ1v) is 17.6. The molecule has 1 amide bonds. The molecule has 8 nitrogen and oxygen atoms in total. The number of nitrogens with zero attached hydrogens (tertiary/aromatic N) is 4. The van der Waals surface area contributed by atoms with Gasteiger partial charge in [-0.2, -0.15) is 0 Å². The molecule has 3 heterocycles. The minimum Gasteiger partial charge on any atom is -0.492 e. The molecule has 0 saturated carbocycles. The molecule has 0 atom stereocenters. The quantitative estimate of drug-likeness (QED) is 0.112. The maximum atomic E-state index is 13.0. The lowest BCUT2D eigenvalue weighted by Gasteiger charge is -2.34. The van der Waals surface area contributed by atoms with Crippen LogP contribution in [0.1, 0.15) is 39.1 Å². The molecular weight excluding hydrogens is 695 g/mol. The van der Waals surface area contributed by atoms with E-state index < -0.39 is 0 Å². The standard InChI is InChI=1S/C42H43ClN4O4.ClH/c1-30-4-7-35(8-5-30)29-50-38-15-16-40(45-27-38)51-42-31(2)24-36(25-39(42)43)13-17-41(48)47-21-19-46(20-22-47)28-34-11-9-33(10-12-34)18-23-49-37-14-6-32(3)44-26-37;/h4-17,24-27H,18-23,28-29H2,1-3H3;1H. The topological polar surface area (TPSA) is 77.0 Å². The van der Waals surface area contributed by atoms with Gasteiger partial charge in [0, 0.05) is 57.0 Å². The molecule has 0 unspecified atom stereocenters. The van der Waals surface area contributed by atoms with E-state index in [1.165, 1.54) is 16.7 Å². The summed E-state index contributed by atoms with van der Waals surface area (Å²) in [4.78, 5) is 26.0. The second-order valence-electron chi connectivity index (χ2n) is 12.8. The van der Waals surface area contributed by atoms with Gasteiger partial charge in [0.05, 0.1) is 24.0 Å². The van der Waals surface area contributed by atoms with Crippen LogP contribution in [0, 0.1) is 20.8 Å². The Kier molecular flexibility index (Phi) is 13.7. The van der Waals surface area contributed by atoms with E-state index in [1.54, 1.807) is 36.7 Å². The van der Waals surface area contributed by atoms with Gasteiger partial charge in [-0.25, -0.2) is 4.98 Å². The van der Waals surface area contributed by atoms with Crippen molar-refractivity contribution in [2.45, 2.75) is 40.3 Å². The predicted molar refractivity (Wildman–Crippen MR) is 209 cm³/mol. The minimum absolute atomic E-state index is 0. The molecule has 1 aliphatic heterocycles. The fraction of sp³-hybridized carbons (Fsp3) is 0.262. The number of carbonyl (C=O) groups excluding carboxylic acids is 1. The first kappa shape index (κ1) is 38.3. The highest BCUT2D eigenvalue weighted by Crippen LogP contribution is 2.34. The third-order valence-electron chi connectivity index (χ3n) is 8.77. The largest absolute Gasteiger partial charge is 0.492 e. The molecule has 1 saturated heterocycles. The van der Waals surface area contributed by atoms with Crippen LogP contribution in [0.3, 0.4) is 0 Å². The Morgan fingerprint density at radius 3 is 2.13 bits per heavy atom. The number of carbonyl (C=O) groups is 1. The lowest BCUT2D eigenvalue weighted by molar-refractivity contribution is -0.127. The zero-order chi connectivity index (χ0) is 35.6. The zero-order valence-electron chi connectivity index (χ0n) is 29.8. The number of hydrogen-bond donors (Lipinski definition) is 0. The molecule has 5 aromatic rings. The van der Waals surface area contributed by atoms with Crippen LogP contribution in [0.15, 0.2) is 103 Å². The maximum absolute atomic E-state index is 13.0. The van der Waals surface area contributed by atoms with Gasteiger partial charge in [-0.3, -0.25) is 14.7 Å². The van der Waals surface area contributed by atoms with E-state index in [9.17, 15) is 4.79 Å². The second kappa shape index (κ2) is 18.6. The van der Waals surface area contributed by atoms with Crippen molar-refractivity contribution in [3.63, 3.8) is 0 Å². The summed E-state index contributed by atoms with van der Waals surface area (Å²) in [6.45, 7) is 10.9. The van der Waals surface area contributed by atoms with E-state index in [-0.39, 0.29) is 18.3 Å². The SMILES string of the molecule is Cc1ccc(COc2ccc(Oc3c(C)cc(C=CC(=O)N4CCN(Cc5ccc(CCOc6ccc(C)nc6)cc5)CC4)cc3Cl)nc2)cc1.Cl.